The molecule has 0 radical (unpaired) electrons. The van der Waals surface area contributed by atoms with Crippen molar-refractivity contribution in [2.45, 2.75) is 31.3 Å². The van der Waals surface area contributed by atoms with E-state index in [1.165, 1.54) is 4.70 Å². The van der Waals surface area contributed by atoms with Gasteiger partial charge in [0, 0.05) is 9.58 Å². The largest absolute Gasteiger partial charge is 0.480 e. The number of carbonyl (C=O) groups is 1. The molecule has 27 heavy (non-hydrogen) atoms. The van der Waals surface area contributed by atoms with Crippen molar-refractivity contribution in [2.75, 3.05) is 6.54 Å². The predicted molar refractivity (Wildman–Crippen MR) is 112 cm³/mol. The van der Waals surface area contributed by atoms with Gasteiger partial charge < -0.3 is 5.11 Å². The van der Waals surface area contributed by atoms with Gasteiger partial charge in [0.25, 0.3) is 0 Å². The second kappa shape index (κ2) is 7.80. The monoisotopic (exact) mass is 419 g/mol. The van der Waals surface area contributed by atoms with Gasteiger partial charge in [0.05, 0.1) is 16.1 Å². The second-order valence-corrected chi connectivity index (χ2v) is 8.72. The van der Waals surface area contributed by atoms with Crippen molar-refractivity contribution < 1.29 is 9.90 Å². The molecule has 1 aromatic heterocycles. The SMILES string of the molecule is O=C(O)C1CCCCN1C(c1cc2ccccc2s1)c1cccc(Cl)c1Cl. The summed E-state index contributed by atoms with van der Waals surface area (Å²) in [7, 11) is 0. The van der Waals surface area contributed by atoms with Gasteiger partial charge >= 0.3 is 5.97 Å². The summed E-state index contributed by atoms with van der Waals surface area (Å²) in [4.78, 5) is 15.1. The maximum Gasteiger partial charge on any atom is 0.320 e. The first-order valence-corrected chi connectivity index (χ1v) is 10.5. The Morgan fingerprint density at radius 2 is 1.96 bits per heavy atom. The molecule has 2 heterocycles. The number of aliphatic carboxylic acids is 1. The highest BCUT2D eigenvalue weighted by Gasteiger charge is 2.36. The van der Waals surface area contributed by atoms with Crippen LogP contribution in [-0.2, 0) is 4.79 Å². The molecule has 3 nitrogen and oxygen atoms in total. The molecule has 0 spiro atoms. The van der Waals surface area contributed by atoms with Crippen LogP contribution in [0.2, 0.25) is 10.0 Å². The average molecular weight is 420 g/mol. The maximum atomic E-state index is 12.0. The number of hydrogen-bond donors (Lipinski definition) is 1. The molecule has 1 N–H and O–H groups in total. The molecule has 3 aromatic rings. The number of carboxylic acids is 1. The van der Waals surface area contributed by atoms with Gasteiger partial charge in [-0.2, -0.15) is 0 Å². The fourth-order valence-electron chi connectivity index (χ4n) is 3.89. The Morgan fingerprint density at radius 3 is 2.74 bits per heavy atom. The zero-order valence-corrected chi connectivity index (χ0v) is 16.9. The van der Waals surface area contributed by atoms with Gasteiger partial charge in [-0.3, -0.25) is 9.69 Å². The van der Waals surface area contributed by atoms with E-state index in [1.54, 1.807) is 17.4 Å². The van der Waals surface area contributed by atoms with E-state index in [2.05, 4.69) is 23.1 Å². The fourth-order valence-corrected chi connectivity index (χ4v) is 5.51. The number of piperidine rings is 1. The Bertz CT molecular complexity index is 954. The average Bonchev–Trinajstić information content (AvgIpc) is 3.09. The molecule has 2 unspecified atom stereocenters. The van der Waals surface area contributed by atoms with Crippen LogP contribution in [0.5, 0.6) is 0 Å². The summed E-state index contributed by atoms with van der Waals surface area (Å²) in [6.45, 7) is 0.721. The zero-order valence-electron chi connectivity index (χ0n) is 14.6. The number of likely N-dealkylation sites (tertiary alicyclic amines) is 1. The molecule has 140 valence electrons. The van der Waals surface area contributed by atoms with Crippen molar-refractivity contribution in [1.29, 1.82) is 0 Å². The first-order valence-electron chi connectivity index (χ1n) is 8.97. The lowest BCUT2D eigenvalue weighted by atomic mass is 9.95. The van der Waals surface area contributed by atoms with Gasteiger partial charge in [-0.15, -0.1) is 11.3 Å². The van der Waals surface area contributed by atoms with Crippen molar-refractivity contribution in [3.05, 3.63) is 69.0 Å². The van der Waals surface area contributed by atoms with Crippen LogP contribution in [0.15, 0.2) is 48.5 Å². The standard InChI is InChI=1S/C21H19Cl2NO2S/c22-15-8-5-7-14(19(15)23)20(24-11-4-3-9-16(24)21(25)26)18-12-13-6-1-2-10-17(13)27-18/h1-2,5-8,10,12,16,20H,3-4,9,11H2,(H,25,26). The molecule has 1 saturated heterocycles. The van der Waals surface area contributed by atoms with Crippen LogP contribution in [-0.4, -0.2) is 28.6 Å². The third-order valence-electron chi connectivity index (χ3n) is 5.15. The third kappa shape index (κ3) is 3.59. The molecule has 1 fully saturated rings. The van der Waals surface area contributed by atoms with Crippen LogP contribution < -0.4 is 0 Å². The van der Waals surface area contributed by atoms with Crippen molar-refractivity contribution in [3.8, 4) is 0 Å². The highest BCUT2D eigenvalue weighted by molar-refractivity contribution is 7.19. The summed E-state index contributed by atoms with van der Waals surface area (Å²) < 4.78 is 1.18. The number of rotatable bonds is 4. The van der Waals surface area contributed by atoms with E-state index < -0.39 is 12.0 Å². The maximum absolute atomic E-state index is 12.0. The summed E-state index contributed by atoms with van der Waals surface area (Å²) in [5, 5.41) is 12.0. The minimum Gasteiger partial charge on any atom is -0.480 e. The molecule has 2 atom stereocenters. The highest BCUT2D eigenvalue weighted by atomic mass is 35.5. The molecule has 0 saturated carbocycles. The van der Waals surface area contributed by atoms with Gasteiger partial charge in [0.2, 0.25) is 0 Å². The summed E-state index contributed by atoms with van der Waals surface area (Å²) in [5.41, 5.74) is 0.865. The van der Waals surface area contributed by atoms with E-state index in [9.17, 15) is 9.90 Å². The first-order chi connectivity index (χ1) is 13.1. The number of nitrogens with zero attached hydrogens (tertiary/aromatic N) is 1. The number of benzene rings is 2. The van der Waals surface area contributed by atoms with Gasteiger partial charge in [0.1, 0.15) is 6.04 Å². The Kier molecular flexibility index (Phi) is 5.42. The van der Waals surface area contributed by atoms with Crippen LogP contribution >= 0.6 is 34.5 Å². The van der Waals surface area contributed by atoms with Gasteiger partial charge in [-0.25, -0.2) is 0 Å². The number of halogens is 2. The van der Waals surface area contributed by atoms with Crippen molar-refractivity contribution in [1.82, 2.24) is 4.90 Å². The Labute approximate surface area is 172 Å². The van der Waals surface area contributed by atoms with Gasteiger partial charge in [0.15, 0.2) is 0 Å². The molecule has 0 bridgehead atoms. The minimum absolute atomic E-state index is 0.227. The summed E-state index contributed by atoms with van der Waals surface area (Å²) in [5.74, 6) is -0.779. The molecule has 4 rings (SSSR count). The van der Waals surface area contributed by atoms with Crippen LogP contribution in [0.1, 0.15) is 35.7 Å². The van der Waals surface area contributed by atoms with Gasteiger partial charge in [-0.1, -0.05) is 60.0 Å². The van der Waals surface area contributed by atoms with E-state index >= 15 is 0 Å². The predicted octanol–water partition coefficient (Wildman–Crippen LogP) is 6.24. The van der Waals surface area contributed by atoms with Crippen LogP contribution in [0.3, 0.4) is 0 Å². The third-order valence-corrected chi connectivity index (χ3v) is 7.15. The van der Waals surface area contributed by atoms with E-state index in [1.807, 2.05) is 24.3 Å². The van der Waals surface area contributed by atoms with E-state index in [-0.39, 0.29) is 6.04 Å². The number of hydrogen-bond acceptors (Lipinski definition) is 3. The van der Waals surface area contributed by atoms with E-state index in [4.69, 9.17) is 23.2 Å². The lowest BCUT2D eigenvalue weighted by Crippen LogP contribution is -2.46. The zero-order chi connectivity index (χ0) is 19.0. The molecule has 1 aliphatic heterocycles. The molecular weight excluding hydrogens is 401 g/mol. The smallest absolute Gasteiger partial charge is 0.320 e. The summed E-state index contributed by atoms with van der Waals surface area (Å²) in [6, 6.07) is 15.2. The summed E-state index contributed by atoms with van der Waals surface area (Å²) >= 11 is 14.6. The lowest BCUT2D eigenvalue weighted by Gasteiger charge is -2.39. The first kappa shape index (κ1) is 18.8. The highest BCUT2D eigenvalue weighted by Crippen LogP contribution is 2.43. The van der Waals surface area contributed by atoms with Crippen molar-refractivity contribution in [2.24, 2.45) is 0 Å². The van der Waals surface area contributed by atoms with Crippen molar-refractivity contribution >= 4 is 50.6 Å². The van der Waals surface area contributed by atoms with Crippen LogP contribution in [0.4, 0.5) is 0 Å². The number of carboxylic acid groups (broad SMARTS) is 1. The van der Waals surface area contributed by atoms with E-state index in [0.29, 0.717) is 16.5 Å². The molecule has 2 aromatic carbocycles. The summed E-state index contributed by atoms with van der Waals surface area (Å²) in [6.07, 6.45) is 2.55. The molecule has 0 aliphatic carbocycles. The minimum atomic E-state index is -0.779. The lowest BCUT2D eigenvalue weighted by molar-refractivity contribution is -0.145. The molecular formula is C21H19Cl2NO2S. The number of thiophene rings is 1. The molecule has 6 heteroatoms. The van der Waals surface area contributed by atoms with Crippen LogP contribution in [0.25, 0.3) is 10.1 Å². The number of fused-ring (bicyclic) bond motifs is 1. The quantitative estimate of drug-likeness (QED) is 0.544. The van der Waals surface area contributed by atoms with Crippen LogP contribution in [0, 0.1) is 0 Å². The van der Waals surface area contributed by atoms with Gasteiger partial charge in [-0.05, 0) is 48.5 Å². The fraction of sp³-hybridized carbons (Fsp3) is 0.286. The molecule has 0 amide bonds. The molecule has 1 aliphatic rings. The second-order valence-electron chi connectivity index (χ2n) is 6.82. The topological polar surface area (TPSA) is 40.5 Å². The Balaban J connectivity index is 1.89. The van der Waals surface area contributed by atoms with Crippen molar-refractivity contribution in [3.63, 3.8) is 0 Å². The normalized spacial score (nSPS) is 19.3. The Morgan fingerprint density at radius 1 is 1.15 bits per heavy atom. The van der Waals surface area contributed by atoms with E-state index in [0.717, 1.165) is 35.2 Å². The Hall–Kier alpha value is -1.59.